The molecule has 2 aromatic carbocycles. The molecule has 1 atom stereocenters. The minimum atomic E-state index is -0.640. The zero-order valence-electron chi connectivity index (χ0n) is 22.3. The first kappa shape index (κ1) is 29.2. The molecule has 40 heavy (non-hydrogen) atoms. The smallest absolute Gasteiger partial charge is 0.407 e. The fraction of sp³-hybridized carbons (Fsp3) is 0.333. The highest BCUT2D eigenvalue weighted by Crippen LogP contribution is 2.23. The van der Waals surface area contributed by atoms with Crippen LogP contribution in [0.4, 0.5) is 10.5 Å². The molecule has 1 aromatic heterocycles. The van der Waals surface area contributed by atoms with Gasteiger partial charge >= 0.3 is 12.1 Å². The van der Waals surface area contributed by atoms with Crippen LogP contribution in [0.15, 0.2) is 83.6 Å². The van der Waals surface area contributed by atoms with Gasteiger partial charge in [0.25, 0.3) is 0 Å². The molecular formula is C30H34BrN4O5+. The SMILES string of the molecule is O=C(NCCOC(=O)C1NCCc2ccccc21)OCCN(C(=O)CCC[n+]1ccccc1)c1cccc(Br)c1. The summed E-state index contributed by atoms with van der Waals surface area (Å²) < 4.78 is 13.6. The molecule has 0 saturated heterocycles. The third-order valence-corrected chi connectivity index (χ3v) is 7.01. The maximum Gasteiger partial charge on any atom is 0.407 e. The Morgan fingerprint density at radius 2 is 1.82 bits per heavy atom. The number of pyridine rings is 1. The van der Waals surface area contributed by atoms with Crippen molar-refractivity contribution in [3.8, 4) is 0 Å². The monoisotopic (exact) mass is 609 g/mol. The normalized spacial score (nSPS) is 14.1. The van der Waals surface area contributed by atoms with Crippen molar-refractivity contribution >= 4 is 39.6 Å². The Morgan fingerprint density at radius 3 is 2.65 bits per heavy atom. The molecule has 1 aliphatic heterocycles. The van der Waals surface area contributed by atoms with E-state index in [1.165, 1.54) is 0 Å². The van der Waals surface area contributed by atoms with Crippen molar-refractivity contribution in [2.45, 2.75) is 31.8 Å². The standard InChI is InChI=1S/C30H33BrN4O5/c31-24-9-6-10-25(22-24)35(27(36)12-7-18-34-16-4-1-5-17-34)19-21-40-30(38)33-15-20-39-29(37)28-26-11-3-2-8-23(26)13-14-32-28/h1-6,8-11,16-17,22,28,32H,7,12-15,18-21H2/p+1. The van der Waals surface area contributed by atoms with Crippen LogP contribution >= 0.6 is 15.9 Å². The molecular weight excluding hydrogens is 576 g/mol. The van der Waals surface area contributed by atoms with Crippen LogP contribution in [0.25, 0.3) is 0 Å². The van der Waals surface area contributed by atoms with E-state index in [1.54, 1.807) is 4.90 Å². The van der Waals surface area contributed by atoms with Crippen LogP contribution in [0.3, 0.4) is 0 Å². The fourth-order valence-corrected chi connectivity index (χ4v) is 4.94. The summed E-state index contributed by atoms with van der Waals surface area (Å²) >= 11 is 3.46. The van der Waals surface area contributed by atoms with E-state index in [1.807, 2.05) is 83.7 Å². The van der Waals surface area contributed by atoms with Gasteiger partial charge in [-0.25, -0.2) is 14.2 Å². The number of hydrogen-bond acceptors (Lipinski definition) is 6. The van der Waals surface area contributed by atoms with Gasteiger partial charge in [-0.1, -0.05) is 52.3 Å². The van der Waals surface area contributed by atoms with E-state index in [4.69, 9.17) is 9.47 Å². The Morgan fingerprint density at radius 1 is 1.00 bits per heavy atom. The predicted molar refractivity (Wildman–Crippen MR) is 154 cm³/mol. The molecule has 0 bridgehead atoms. The summed E-state index contributed by atoms with van der Waals surface area (Å²) in [6.45, 7) is 1.79. The van der Waals surface area contributed by atoms with Gasteiger partial charge in [-0.15, -0.1) is 0 Å². The molecule has 2 amide bonds. The molecule has 0 radical (unpaired) electrons. The molecule has 0 fully saturated rings. The fourth-order valence-electron chi connectivity index (χ4n) is 4.56. The van der Waals surface area contributed by atoms with Gasteiger partial charge in [-0.05, 0) is 35.7 Å². The summed E-state index contributed by atoms with van der Waals surface area (Å²) in [5, 5.41) is 5.78. The highest BCUT2D eigenvalue weighted by Gasteiger charge is 2.27. The Balaban J connectivity index is 1.19. The van der Waals surface area contributed by atoms with Gasteiger partial charge in [0.15, 0.2) is 12.4 Å². The number of nitrogens with zero attached hydrogens (tertiary/aromatic N) is 2. The maximum atomic E-state index is 13.1. The zero-order chi connectivity index (χ0) is 28.2. The van der Waals surface area contributed by atoms with Gasteiger partial charge in [0.2, 0.25) is 5.91 Å². The number of ether oxygens (including phenoxy) is 2. The van der Waals surface area contributed by atoms with Crippen LogP contribution in [0.2, 0.25) is 0 Å². The summed E-state index contributed by atoms with van der Waals surface area (Å²) in [5.41, 5.74) is 2.78. The summed E-state index contributed by atoms with van der Waals surface area (Å²) in [6.07, 6.45) is 5.20. The Kier molecular flexibility index (Phi) is 11.1. The van der Waals surface area contributed by atoms with Crippen molar-refractivity contribution in [1.29, 1.82) is 0 Å². The van der Waals surface area contributed by atoms with Crippen molar-refractivity contribution < 1.29 is 28.4 Å². The summed E-state index contributed by atoms with van der Waals surface area (Å²) in [7, 11) is 0. The number of rotatable bonds is 12. The topological polar surface area (TPSA) is 101 Å². The second-order valence-electron chi connectivity index (χ2n) is 9.31. The molecule has 9 nitrogen and oxygen atoms in total. The first-order chi connectivity index (χ1) is 19.5. The molecule has 10 heteroatoms. The highest BCUT2D eigenvalue weighted by atomic mass is 79.9. The van der Waals surface area contributed by atoms with Crippen LogP contribution in [0.1, 0.15) is 30.0 Å². The average molecular weight is 611 g/mol. The third kappa shape index (κ3) is 8.62. The number of carbonyl (C=O) groups excluding carboxylic acids is 3. The van der Waals surface area contributed by atoms with E-state index in [-0.39, 0.29) is 38.2 Å². The van der Waals surface area contributed by atoms with Crippen LogP contribution in [0.5, 0.6) is 0 Å². The second kappa shape index (κ2) is 15.1. The van der Waals surface area contributed by atoms with Crippen molar-refractivity contribution in [3.63, 3.8) is 0 Å². The Labute approximate surface area is 242 Å². The number of hydrogen-bond donors (Lipinski definition) is 2. The number of aryl methyl sites for hydroxylation is 1. The molecule has 0 saturated carbocycles. The molecule has 2 heterocycles. The van der Waals surface area contributed by atoms with E-state index < -0.39 is 12.1 Å². The van der Waals surface area contributed by atoms with Crippen LogP contribution in [-0.4, -0.2) is 50.8 Å². The quantitative estimate of drug-likeness (QED) is 0.184. The Bertz CT molecular complexity index is 1290. The molecule has 3 aromatic rings. The van der Waals surface area contributed by atoms with Crippen LogP contribution in [0, 0.1) is 0 Å². The predicted octanol–water partition coefficient (Wildman–Crippen LogP) is 3.71. The molecule has 210 valence electrons. The van der Waals surface area contributed by atoms with Gasteiger partial charge in [0.05, 0.1) is 13.1 Å². The van der Waals surface area contributed by atoms with Gasteiger partial charge in [-0.3, -0.25) is 4.79 Å². The molecule has 1 unspecified atom stereocenters. The summed E-state index contributed by atoms with van der Waals surface area (Å²) in [5.74, 6) is -0.431. The lowest BCUT2D eigenvalue weighted by molar-refractivity contribution is -0.697. The van der Waals surface area contributed by atoms with Gasteiger partial charge in [0, 0.05) is 41.7 Å². The van der Waals surface area contributed by atoms with Crippen molar-refractivity contribution in [3.05, 3.63) is 94.7 Å². The lowest BCUT2D eigenvalue weighted by Gasteiger charge is -2.25. The minimum Gasteiger partial charge on any atom is -0.462 e. The zero-order valence-corrected chi connectivity index (χ0v) is 23.8. The first-order valence-corrected chi connectivity index (χ1v) is 14.2. The van der Waals surface area contributed by atoms with E-state index in [0.29, 0.717) is 19.4 Å². The number of benzene rings is 2. The maximum absolute atomic E-state index is 13.1. The molecule has 1 aliphatic rings. The van der Waals surface area contributed by atoms with E-state index in [9.17, 15) is 14.4 Å². The van der Waals surface area contributed by atoms with Crippen molar-refractivity contribution in [2.75, 3.05) is 37.7 Å². The highest BCUT2D eigenvalue weighted by molar-refractivity contribution is 9.10. The third-order valence-electron chi connectivity index (χ3n) is 6.51. The van der Waals surface area contributed by atoms with Crippen molar-refractivity contribution in [2.24, 2.45) is 0 Å². The molecule has 0 spiro atoms. The molecule has 4 rings (SSSR count). The number of halogens is 1. The Hall–Kier alpha value is -3.76. The summed E-state index contributed by atoms with van der Waals surface area (Å²) in [6, 6.07) is 20.6. The number of nitrogens with one attached hydrogen (secondary N) is 2. The van der Waals surface area contributed by atoms with E-state index in [2.05, 4.69) is 26.6 Å². The van der Waals surface area contributed by atoms with E-state index >= 15 is 0 Å². The van der Waals surface area contributed by atoms with E-state index in [0.717, 1.165) is 34.3 Å². The molecule has 2 N–H and O–H groups in total. The van der Waals surface area contributed by atoms with Gasteiger partial charge in [-0.2, -0.15) is 0 Å². The number of carbonyl (C=O) groups is 3. The van der Waals surface area contributed by atoms with Gasteiger partial charge < -0.3 is 25.0 Å². The number of alkyl carbamates (subject to hydrolysis) is 1. The van der Waals surface area contributed by atoms with Crippen LogP contribution < -0.4 is 20.1 Å². The minimum absolute atomic E-state index is 0.0140. The average Bonchev–Trinajstić information content (AvgIpc) is 2.97. The molecule has 0 aliphatic carbocycles. The van der Waals surface area contributed by atoms with Gasteiger partial charge in [0.1, 0.15) is 25.8 Å². The lowest BCUT2D eigenvalue weighted by Crippen LogP contribution is -2.38. The largest absolute Gasteiger partial charge is 0.462 e. The lowest BCUT2D eigenvalue weighted by atomic mass is 9.94. The number of esters is 1. The number of amides is 2. The first-order valence-electron chi connectivity index (χ1n) is 13.4. The number of aromatic nitrogens is 1. The van der Waals surface area contributed by atoms with Crippen molar-refractivity contribution in [1.82, 2.24) is 10.6 Å². The van der Waals surface area contributed by atoms with Crippen LogP contribution in [-0.2, 0) is 32.0 Å². The number of anilines is 1. The summed E-state index contributed by atoms with van der Waals surface area (Å²) in [4.78, 5) is 39.5. The second-order valence-corrected chi connectivity index (χ2v) is 10.2. The number of fused-ring (bicyclic) bond motifs is 1.